The summed E-state index contributed by atoms with van der Waals surface area (Å²) in [6.07, 6.45) is -4.12. The Balaban J connectivity index is 1.79. The first-order valence-electron chi connectivity index (χ1n) is 8.78. The lowest BCUT2D eigenvalue weighted by molar-refractivity contribution is -0.145. The molecule has 1 N–H and O–H groups in total. The molecule has 0 unspecified atom stereocenters. The van der Waals surface area contributed by atoms with Crippen molar-refractivity contribution < 1.29 is 27.9 Å². The van der Waals surface area contributed by atoms with Crippen LogP contribution >= 0.6 is 0 Å². The highest BCUT2D eigenvalue weighted by molar-refractivity contribution is 5.95. The average molecular weight is 392 g/mol. The van der Waals surface area contributed by atoms with Crippen molar-refractivity contribution in [2.45, 2.75) is 31.4 Å². The fourth-order valence-electron chi connectivity index (χ4n) is 3.59. The van der Waals surface area contributed by atoms with Gasteiger partial charge in [0, 0.05) is 13.1 Å². The molecule has 1 aromatic carbocycles. The van der Waals surface area contributed by atoms with Crippen LogP contribution in [-0.4, -0.2) is 40.0 Å². The highest BCUT2D eigenvalue weighted by atomic mass is 19.4. The molecule has 0 atom stereocenters. The number of amides is 1. The molecule has 0 bridgehead atoms. The van der Waals surface area contributed by atoms with Crippen LogP contribution in [0.25, 0.3) is 0 Å². The van der Waals surface area contributed by atoms with Gasteiger partial charge in [-0.2, -0.15) is 13.2 Å². The number of rotatable bonds is 3. The van der Waals surface area contributed by atoms with Crippen molar-refractivity contribution in [3.05, 3.63) is 65.0 Å². The zero-order chi connectivity index (χ0) is 20.5. The van der Waals surface area contributed by atoms with Gasteiger partial charge >= 0.3 is 12.1 Å². The summed E-state index contributed by atoms with van der Waals surface area (Å²) in [6.45, 7) is 1.75. The summed E-state index contributed by atoms with van der Waals surface area (Å²) in [7, 11) is 0. The minimum atomic E-state index is -4.58. The van der Waals surface area contributed by atoms with Gasteiger partial charge in [-0.1, -0.05) is 30.3 Å². The molecule has 0 aliphatic carbocycles. The molecule has 148 valence electrons. The molecule has 3 rings (SSSR count). The molecule has 1 fully saturated rings. The zero-order valence-electron chi connectivity index (χ0n) is 15.2. The number of hydrogen-bond acceptors (Lipinski definition) is 3. The number of hydrogen-bond donors (Lipinski definition) is 1. The molecule has 0 saturated carbocycles. The van der Waals surface area contributed by atoms with E-state index in [1.165, 1.54) is 11.8 Å². The first kappa shape index (κ1) is 19.9. The third-order valence-electron chi connectivity index (χ3n) is 5.25. The Hall–Kier alpha value is -2.90. The third-order valence-corrected chi connectivity index (χ3v) is 5.25. The van der Waals surface area contributed by atoms with Crippen molar-refractivity contribution in [1.29, 1.82) is 0 Å². The van der Waals surface area contributed by atoms with E-state index < -0.39 is 29.2 Å². The van der Waals surface area contributed by atoms with Crippen LogP contribution in [0.1, 0.15) is 40.2 Å². The van der Waals surface area contributed by atoms with Gasteiger partial charge in [-0.25, -0.2) is 4.98 Å². The number of pyridine rings is 1. The number of halogens is 3. The molecule has 0 radical (unpaired) electrons. The van der Waals surface area contributed by atoms with Gasteiger partial charge in [0.2, 0.25) is 0 Å². The first-order chi connectivity index (χ1) is 13.1. The maximum atomic E-state index is 12.8. The molecule has 1 saturated heterocycles. The van der Waals surface area contributed by atoms with Gasteiger partial charge in [0.1, 0.15) is 5.69 Å². The summed E-state index contributed by atoms with van der Waals surface area (Å²) < 4.78 is 38.3. The predicted molar refractivity (Wildman–Crippen MR) is 94.9 cm³/mol. The number of carbonyl (C=O) groups excluding carboxylic acids is 1. The maximum Gasteiger partial charge on any atom is 0.433 e. The number of aromatic nitrogens is 1. The molecular formula is C20H19F3N2O3. The summed E-state index contributed by atoms with van der Waals surface area (Å²) >= 11 is 0. The molecule has 8 heteroatoms. The highest BCUT2D eigenvalue weighted by Crippen LogP contribution is 2.36. The monoisotopic (exact) mass is 392 g/mol. The zero-order valence-corrected chi connectivity index (χ0v) is 15.2. The minimum absolute atomic E-state index is 0.00189. The number of alkyl halides is 3. The number of aliphatic carboxylic acids is 1. The summed E-state index contributed by atoms with van der Waals surface area (Å²) in [4.78, 5) is 29.7. The topological polar surface area (TPSA) is 70.5 Å². The average Bonchev–Trinajstić information content (AvgIpc) is 2.67. The van der Waals surface area contributed by atoms with Crippen LogP contribution in [0.3, 0.4) is 0 Å². The van der Waals surface area contributed by atoms with Crippen molar-refractivity contribution >= 4 is 11.9 Å². The van der Waals surface area contributed by atoms with Crippen LogP contribution in [0, 0.1) is 6.92 Å². The lowest BCUT2D eigenvalue weighted by atomic mass is 9.72. The van der Waals surface area contributed by atoms with Gasteiger partial charge in [-0.05, 0) is 37.5 Å². The number of carboxylic acids is 1. The second kappa shape index (κ2) is 7.26. The molecule has 1 aromatic heterocycles. The summed E-state index contributed by atoms with van der Waals surface area (Å²) in [5.41, 5.74) is -1.35. The second-order valence-corrected chi connectivity index (χ2v) is 6.87. The third kappa shape index (κ3) is 3.58. The minimum Gasteiger partial charge on any atom is -0.481 e. The van der Waals surface area contributed by atoms with Crippen molar-refractivity contribution in [3.63, 3.8) is 0 Å². The number of likely N-dealkylation sites (tertiary alicyclic amines) is 1. The summed E-state index contributed by atoms with van der Waals surface area (Å²) in [5, 5.41) is 9.81. The van der Waals surface area contributed by atoms with Crippen LogP contribution < -0.4 is 0 Å². The van der Waals surface area contributed by atoms with E-state index in [1.54, 1.807) is 30.3 Å². The van der Waals surface area contributed by atoms with E-state index in [4.69, 9.17) is 0 Å². The quantitative estimate of drug-likeness (QED) is 0.865. The molecular weight excluding hydrogens is 373 g/mol. The molecule has 2 aromatic rings. The fourth-order valence-corrected chi connectivity index (χ4v) is 3.59. The largest absolute Gasteiger partial charge is 0.481 e. The lowest BCUT2D eigenvalue weighted by Gasteiger charge is -2.39. The van der Waals surface area contributed by atoms with Crippen LogP contribution in [0.4, 0.5) is 13.2 Å². The highest BCUT2D eigenvalue weighted by Gasteiger charge is 2.44. The van der Waals surface area contributed by atoms with E-state index >= 15 is 0 Å². The molecule has 28 heavy (non-hydrogen) atoms. The van der Waals surface area contributed by atoms with Crippen LogP contribution in [0.2, 0.25) is 0 Å². The van der Waals surface area contributed by atoms with Gasteiger partial charge in [-0.3, -0.25) is 9.59 Å². The lowest BCUT2D eigenvalue weighted by Crippen LogP contribution is -2.49. The van der Waals surface area contributed by atoms with Crippen molar-refractivity contribution in [2.75, 3.05) is 13.1 Å². The van der Waals surface area contributed by atoms with Gasteiger partial charge in [0.05, 0.1) is 16.7 Å². The van der Waals surface area contributed by atoms with E-state index in [9.17, 15) is 27.9 Å². The normalized spacial score (nSPS) is 16.6. The Morgan fingerprint density at radius 1 is 1.07 bits per heavy atom. The first-order valence-corrected chi connectivity index (χ1v) is 8.78. The Kier molecular flexibility index (Phi) is 5.14. The molecule has 0 spiro atoms. The standard InChI is InChI=1S/C20H19F3N2O3/c1-13-15(7-8-16(24-13)20(21,22)23)17(26)25-11-9-19(10-12-25,18(27)28)14-5-3-2-4-6-14/h2-8H,9-12H2,1H3,(H,27,28). The van der Waals surface area contributed by atoms with Gasteiger partial charge in [0.25, 0.3) is 5.91 Å². The molecule has 5 nitrogen and oxygen atoms in total. The number of aryl methyl sites for hydroxylation is 1. The summed E-state index contributed by atoms with van der Waals surface area (Å²) in [5.74, 6) is -1.39. The van der Waals surface area contributed by atoms with Crippen molar-refractivity contribution in [1.82, 2.24) is 9.88 Å². The Bertz CT molecular complexity index is 889. The molecule has 1 aliphatic heterocycles. The Labute approximate surface area is 159 Å². The number of carbonyl (C=O) groups is 2. The smallest absolute Gasteiger partial charge is 0.433 e. The Morgan fingerprint density at radius 3 is 2.18 bits per heavy atom. The van der Waals surface area contributed by atoms with E-state index in [0.29, 0.717) is 5.56 Å². The van der Waals surface area contributed by atoms with E-state index in [0.717, 1.165) is 12.1 Å². The van der Waals surface area contributed by atoms with E-state index in [2.05, 4.69) is 4.98 Å². The van der Waals surface area contributed by atoms with Gasteiger partial charge in [0.15, 0.2) is 0 Å². The van der Waals surface area contributed by atoms with Gasteiger partial charge < -0.3 is 10.0 Å². The number of benzene rings is 1. The number of carboxylic acid groups (broad SMARTS) is 1. The van der Waals surface area contributed by atoms with Gasteiger partial charge in [-0.15, -0.1) is 0 Å². The summed E-state index contributed by atoms with van der Waals surface area (Å²) in [6, 6.07) is 10.8. The van der Waals surface area contributed by atoms with Crippen molar-refractivity contribution in [2.24, 2.45) is 0 Å². The Morgan fingerprint density at radius 2 is 1.68 bits per heavy atom. The van der Waals surface area contributed by atoms with E-state index in [-0.39, 0.29) is 37.2 Å². The van der Waals surface area contributed by atoms with E-state index in [1.807, 2.05) is 0 Å². The van der Waals surface area contributed by atoms with Crippen LogP contribution in [-0.2, 0) is 16.4 Å². The van der Waals surface area contributed by atoms with Crippen LogP contribution in [0.5, 0.6) is 0 Å². The predicted octanol–water partition coefficient (Wildman–Crippen LogP) is 3.67. The number of nitrogens with zero attached hydrogens (tertiary/aromatic N) is 2. The van der Waals surface area contributed by atoms with Crippen LogP contribution in [0.15, 0.2) is 42.5 Å². The van der Waals surface area contributed by atoms with Crippen molar-refractivity contribution in [3.8, 4) is 0 Å². The number of piperidine rings is 1. The second-order valence-electron chi connectivity index (χ2n) is 6.87. The molecule has 1 aliphatic rings. The maximum absolute atomic E-state index is 12.8. The SMILES string of the molecule is Cc1nc(C(F)(F)F)ccc1C(=O)N1CCC(C(=O)O)(c2ccccc2)CC1. The fraction of sp³-hybridized carbons (Fsp3) is 0.350. The molecule has 1 amide bonds. The molecule has 2 heterocycles.